The van der Waals surface area contributed by atoms with Gasteiger partial charge in [0.25, 0.3) is 0 Å². The number of thiocarbonyl (C=S) groups is 1. The van der Waals surface area contributed by atoms with Gasteiger partial charge in [-0.3, -0.25) is 0 Å². The average Bonchev–Trinajstić information content (AvgIpc) is 1.57. The van der Waals surface area contributed by atoms with Gasteiger partial charge < -0.3 is 0 Å². The molecule has 0 unspecified atom stereocenters. The molecule has 0 fully saturated rings. The Morgan fingerprint density at radius 3 is 1.73 bits per heavy atom. The third-order valence-electron chi connectivity index (χ3n) is 0.462. The summed E-state index contributed by atoms with van der Waals surface area (Å²) in [6.45, 7) is 0. The van der Waals surface area contributed by atoms with Gasteiger partial charge in [0.15, 0.2) is 0 Å². The Labute approximate surface area is 69.6 Å². The van der Waals surface area contributed by atoms with E-state index in [1.54, 1.807) is 0 Å². The summed E-state index contributed by atoms with van der Waals surface area (Å²) < 4.78 is 56.3. The lowest BCUT2D eigenvalue weighted by atomic mass is 11.5. The van der Waals surface area contributed by atoms with Crippen LogP contribution in [0.2, 0.25) is 0 Å². The Kier molecular flexibility index (Phi) is 2.18. The number of thioether (sulfide) groups is 1. The smallest absolute Gasteiger partial charge is 0.236 e. The van der Waals surface area contributed by atoms with E-state index in [4.69, 9.17) is 0 Å². The fourth-order valence-corrected chi connectivity index (χ4v) is 1.79. The molecule has 1 N–H and O–H groups in total. The Balaban J connectivity index is 4.51. The minimum Gasteiger partial charge on any atom is -0.236 e. The first kappa shape index (κ1) is 11.2. The third-order valence-corrected chi connectivity index (χ3v) is 2.38. The maximum Gasteiger partial charge on any atom is 0.363 e. The van der Waals surface area contributed by atoms with Gasteiger partial charge in [-0.1, -0.05) is 43.4 Å². The Bertz CT molecular complexity index is 179. The van der Waals surface area contributed by atoms with Crippen molar-refractivity contribution in [3.63, 3.8) is 0 Å². The molecule has 0 saturated heterocycles. The zero-order chi connectivity index (χ0) is 9.40. The quantitative estimate of drug-likeness (QED) is 0.550. The molecule has 0 amide bonds. The lowest BCUT2D eigenvalue weighted by Gasteiger charge is -2.40. The van der Waals surface area contributed by atoms with Crippen molar-refractivity contribution in [1.29, 1.82) is 0 Å². The van der Waals surface area contributed by atoms with Crippen molar-refractivity contribution < 1.29 is 19.4 Å². The van der Waals surface area contributed by atoms with Crippen molar-refractivity contribution in [1.82, 2.24) is 4.72 Å². The highest BCUT2D eigenvalue weighted by Crippen LogP contribution is 2.94. The van der Waals surface area contributed by atoms with Crippen LogP contribution in [0.25, 0.3) is 0 Å². The molecule has 70 valence electrons. The number of nitrogens with one attached hydrogen (secondary N) is 1. The molecule has 0 aliphatic rings. The van der Waals surface area contributed by atoms with Gasteiger partial charge >= 0.3 is 10.4 Å². The van der Waals surface area contributed by atoms with E-state index in [0.29, 0.717) is 11.8 Å². The molecule has 0 aliphatic heterocycles. The fraction of sp³-hybridized carbons (Fsp3) is 0.500. The predicted octanol–water partition coefficient (Wildman–Crippen LogP) is 3.44. The van der Waals surface area contributed by atoms with Crippen LogP contribution in [0.1, 0.15) is 0 Å². The van der Waals surface area contributed by atoms with Gasteiger partial charge in [0, 0.05) is 0 Å². The van der Waals surface area contributed by atoms with Crippen LogP contribution >= 0.6 is 34.4 Å². The molecule has 0 atom stereocenters. The molecule has 0 aromatic rings. The second-order valence-corrected chi connectivity index (χ2v) is 5.19. The van der Waals surface area contributed by atoms with E-state index in [9.17, 15) is 19.4 Å². The van der Waals surface area contributed by atoms with Crippen LogP contribution in [0.15, 0.2) is 0 Å². The summed E-state index contributed by atoms with van der Waals surface area (Å²) in [5.74, 6) is 0. The lowest BCUT2D eigenvalue weighted by Crippen LogP contribution is -2.30. The molecular weight excluding hydrogens is 229 g/mol. The van der Waals surface area contributed by atoms with Crippen LogP contribution in [0.4, 0.5) is 19.4 Å². The second kappa shape index (κ2) is 2.13. The summed E-state index contributed by atoms with van der Waals surface area (Å²) in [7, 11) is -9.54. The maximum atomic E-state index is 11.4. The normalized spacial score (nSPS) is 18.4. The first-order valence-corrected chi connectivity index (χ1v) is 5.63. The van der Waals surface area contributed by atoms with Crippen molar-refractivity contribution in [3.05, 3.63) is 0 Å². The number of hydrogen-bond acceptors (Lipinski definition) is 2. The monoisotopic (exact) mass is 233 g/mol. The van der Waals surface area contributed by atoms with Gasteiger partial charge in [-0.05, 0) is 6.26 Å². The molecule has 1 nitrogen and oxygen atoms in total. The van der Waals surface area contributed by atoms with Gasteiger partial charge in [0.05, 0.1) is 0 Å². The van der Waals surface area contributed by atoms with Crippen molar-refractivity contribution in [2.24, 2.45) is 0 Å². The van der Waals surface area contributed by atoms with Crippen LogP contribution in [-0.4, -0.2) is 10.6 Å². The van der Waals surface area contributed by atoms with E-state index >= 15 is 0 Å². The summed E-state index contributed by atoms with van der Waals surface area (Å²) >= 11 is 4.33. The maximum absolute atomic E-state index is 11.4. The summed E-state index contributed by atoms with van der Waals surface area (Å²) in [4.78, 5) is 0. The molecule has 0 saturated carbocycles. The Morgan fingerprint density at radius 2 is 1.64 bits per heavy atom. The zero-order valence-corrected chi connectivity index (χ0v) is 7.56. The summed E-state index contributed by atoms with van der Waals surface area (Å²) in [6.07, 6.45) is 1.17. The molecule has 0 aliphatic carbocycles. The number of hydrogen-bond donors (Lipinski definition) is 1. The SMILES string of the molecule is CSC(=S)NS(F)(F)(F)(F)F. The molecule has 0 radical (unpaired) electrons. The topological polar surface area (TPSA) is 12.0 Å². The third kappa shape index (κ3) is 8.14. The van der Waals surface area contributed by atoms with Crippen LogP contribution in [0.5, 0.6) is 0 Å². The Hall–Kier alpha value is 0.240. The molecule has 0 heterocycles. The molecule has 9 heteroatoms. The van der Waals surface area contributed by atoms with E-state index in [1.165, 1.54) is 6.26 Å². The minimum absolute atomic E-state index is 0.101. The van der Waals surface area contributed by atoms with Crippen molar-refractivity contribution >= 4 is 38.7 Å². The summed E-state index contributed by atoms with van der Waals surface area (Å²) in [5.41, 5.74) is 0. The van der Waals surface area contributed by atoms with Gasteiger partial charge in [-0.15, -0.1) is 0 Å². The van der Waals surface area contributed by atoms with Crippen LogP contribution in [-0.2, 0) is 0 Å². The van der Waals surface area contributed by atoms with Crippen LogP contribution < -0.4 is 4.72 Å². The van der Waals surface area contributed by atoms with Gasteiger partial charge in [-0.2, -0.15) is 0 Å². The van der Waals surface area contributed by atoms with Gasteiger partial charge in [-0.25, -0.2) is 4.72 Å². The number of halogens is 5. The highest BCUT2D eigenvalue weighted by Gasteiger charge is 2.64. The molecule has 0 aromatic carbocycles. The van der Waals surface area contributed by atoms with E-state index in [1.807, 2.05) is 0 Å². The molecule has 0 spiro atoms. The fourth-order valence-electron chi connectivity index (χ4n) is 0.199. The largest absolute Gasteiger partial charge is 0.363 e. The minimum atomic E-state index is -9.54. The first-order valence-electron chi connectivity index (χ1n) is 2.04. The summed E-state index contributed by atoms with van der Waals surface area (Å²) in [6, 6.07) is 0. The van der Waals surface area contributed by atoms with Crippen molar-refractivity contribution in [3.8, 4) is 0 Å². The van der Waals surface area contributed by atoms with Crippen LogP contribution in [0, 0.1) is 0 Å². The Morgan fingerprint density at radius 1 is 1.27 bits per heavy atom. The van der Waals surface area contributed by atoms with E-state index in [-0.39, 0.29) is 4.72 Å². The van der Waals surface area contributed by atoms with Gasteiger partial charge in [0.1, 0.15) is 4.32 Å². The van der Waals surface area contributed by atoms with Crippen LogP contribution in [0.3, 0.4) is 0 Å². The average molecular weight is 233 g/mol. The van der Waals surface area contributed by atoms with Crippen molar-refractivity contribution in [2.45, 2.75) is 0 Å². The highest BCUT2D eigenvalue weighted by molar-refractivity contribution is 8.45. The molecule has 11 heavy (non-hydrogen) atoms. The van der Waals surface area contributed by atoms with Gasteiger partial charge in [0.2, 0.25) is 0 Å². The summed E-state index contributed by atoms with van der Waals surface area (Å²) in [5, 5.41) is 0. The van der Waals surface area contributed by atoms with Crippen molar-refractivity contribution in [2.75, 3.05) is 6.26 Å². The van der Waals surface area contributed by atoms with E-state index < -0.39 is 14.7 Å². The standard InChI is InChI=1S/C2H4F5NS3/c1-10-2(9)8-11(3,4,5,6)7/h1H3,(H,8,9). The predicted molar refractivity (Wildman–Crippen MR) is 42.4 cm³/mol. The van der Waals surface area contributed by atoms with E-state index in [2.05, 4.69) is 12.2 Å². The lowest BCUT2D eigenvalue weighted by molar-refractivity contribution is 0.356. The van der Waals surface area contributed by atoms with E-state index in [0.717, 1.165) is 0 Å². The molecule has 0 bridgehead atoms. The first-order chi connectivity index (χ1) is 4.43. The second-order valence-electron chi connectivity index (χ2n) is 1.56. The zero-order valence-electron chi connectivity index (χ0n) is 5.11. The molecule has 0 aromatic heterocycles. The molecule has 0 rings (SSSR count). The number of rotatable bonds is 1. The molecular formula is C2H4F5NS3. The highest BCUT2D eigenvalue weighted by atomic mass is 32.5.